The first kappa shape index (κ1) is 13.6. The van der Waals surface area contributed by atoms with E-state index in [1.54, 1.807) is 31.4 Å². The van der Waals surface area contributed by atoms with E-state index in [1.165, 1.54) is 0 Å². The molecule has 0 fully saturated rings. The van der Waals surface area contributed by atoms with E-state index in [4.69, 9.17) is 13.9 Å². The Morgan fingerprint density at radius 3 is 2.76 bits per heavy atom. The number of cyclic esters (lactones) is 1. The van der Waals surface area contributed by atoms with Crippen LogP contribution in [-0.2, 0) is 9.53 Å². The fourth-order valence-electron chi connectivity index (χ4n) is 1.88. The molecule has 2 aromatic rings. The molecule has 3 rings (SSSR count). The fraction of sp³-hybridized carbons (Fsp3) is 0.0667. The number of hydrogen-bond donors (Lipinski definition) is 0. The number of benzene rings is 1. The molecule has 0 saturated carbocycles. The summed E-state index contributed by atoms with van der Waals surface area (Å²) >= 11 is 3.19. The lowest BCUT2D eigenvalue weighted by Gasteiger charge is -2.03. The summed E-state index contributed by atoms with van der Waals surface area (Å²) in [5.41, 5.74) is 0.944. The minimum Gasteiger partial charge on any atom is -0.496 e. The maximum Gasteiger partial charge on any atom is 0.363 e. The van der Waals surface area contributed by atoms with E-state index >= 15 is 0 Å². The molecule has 0 bridgehead atoms. The van der Waals surface area contributed by atoms with E-state index in [9.17, 15) is 4.79 Å². The standard InChI is InChI=1S/C15H10BrNO4/c1-19-11-5-3-2-4-9(11)8-10-15(18)21-14(17-10)12-6-7-13(16)20-12/h2-8H,1H3/b10-8+. The minimum atomic E-state index is -0.525. The molecular weight excluding hydrogens is 338 g/mol. The summed E-state index contributed by atoms with van der Waals surface area (Å²) in [7, 11) is 1.57. The van der Waals surface area contributed by atoms with Crippen LogP contribution in [0.5, 0.6) is 5.75 Å². The maximum absolute atomic E-state index is 11.9. The van der Waals surface area contributed by atoms with Gasteiger partial charge in [-0.2, -0.15) is 0 Å². The summed E-state index contributed by atoms with van der Waals surface area (Å²) in [6.45, 7) is 0. The number of carbonyl (C=O) groups is 1. The van der Waals surface area contributed by atoms with Crippen LogP contribution in [0.2, 0.25) is 0 Å². The highest BCUT2D eigenvalue weighted by atomic mass is 79.9. The van der Waals surface area contributed by atoms with Crippen molar-refractivity contribution in [1.82, 2.24) is 0 Å². The van der Waals surface area contributed by atoms with Gasteiger partial charge in [-0.3, -0.25) is 0 Å². The van der Waals surface area contributed by atoms with Gasteiger partial charge in [-0.25, -0.2) is 9.79 Å². The van der Waals surface area contributed by atoms with Gasteiger partial charge in [0.1, 0.15) is 5.75 Å². The van der Waals surface area contributed by atoms with Gasteiger partial charge in [0.05, 0.1) is 7.11 Å². The second-order valence-electron chi connectivity index (χ2n) is 4.18. The maximum atomic E-state index is 11.9. The van der Waals surface area contributed by atoms with E-state index < -0.39 is 5.97 Å². The predicted molar refractivity (Wildman–Crippen MR) is 80.0 cm³/mol. The predicted octanol–water partition coefficient (Wildman–Crippen LogP) is 3.40. The molecule has 5 nitrogen and oxygen atoms in total. The van der Waals surface area contributed by atoms with Crippen LogP contribution in [-0.4, -0.2) is 19.0 Å². The number of rotatable bonds is 3. The normalized spacial score (nSPS) is 16.0. The first-order valence-corrected chi connectivity index (χ1v) is 6.88. The van der Waals surface area contributed by atoms with Gasteiger partial charge in [-0.05, 0) is 40.2 Å². The average Bonchev–Trinajstić information content (AvgIpc) is 3.06. The second-order valence-corrected chi connectivity index (χ2v) is 4.96. The number of methoxy groups -OCH3 is 1. The number of ether oxygens (including phenoxy) is 2. The first-order chi connectivity index (χ1) is 10.2. The first-order valence-electron chi connectivity index (χ1n) is 6.08. The zero-order valence-electron chi connectivity index (χ0n) is 11.0. The molecule has 0 N–H and O–H groups in total. The Morgan fingerprint density at radius 1 is 1.24 bits per heavy atom. The van der Waals surface area contributed by atoms with E-state index in [0.717, 1.165) is 5.56 Å². The highest BCUT2D eigenvalue weighted by molar-refractivity contribution is 9.10. The fourth-order valence-corrected chi connectivity index (χ4v) is 2.18. The van der Waals surface area contributed by atoms with Crippen molar-refractivity contribution in [2.24, 2.45) is 4.99 Å². The van der Waals surface area contributed by atoms with Crippen LogP contribution in [0.4, 0.5) is 0 Å². The Labute approximate surface area is 129 Å². The van der Waals surface area contributed by atoms with Crippen LogP contribution < -0.4 is 4.74 Å². The third kappa shape index (κ3) is 2.75. The van der Waals surface area contributed by atoms with Crippen LogP contribution in [0, 0.1) is 0 Å². The number of esters is 1. The second kappa shape index (κ2) is 5.57. The third-order valence-corrected chi connectivity index (χ3v) is 3.26. The molecule has 0 amide bonds. The van der Waals surface area contributed by atoms with E-state index in [1.807, 2.05) is 18.2 Å². The van der Waals surface area contributed by atoms with Crippen molar-refractivity contribution in [3.63, 3.8) is 0 Å². The van der Waals surface area contributed by atoms with E-state index in [-0.39, 0.29) is 11.6 Å². The Morgan fingerprint density at radius 2 is 2.05 bits per heavy atom. The average molecular weight is 348 g/mol. The molecule has 0 spiro atoms. The number of hydrogen-bond acceptors (Lipinski definition) is 5. The summed E-state index contributed by atoms with van der Waals surface area (Å²) in [4.78, 5) is 16.0. The van der Waals surface area contributed by atoms with Crippen molar-refractivity contribution in [2.45, 2.75) is 0 Å². The van der Waals surface area contributed by atoms with E-state index in [0.29, 0.717) is 16.2 Å². The van der Waals surface area contributed by atoms with Gasteiger partial charge >= 0.3 is 5.97 Å². The summed E-state index contributed by atoms with van der Waals surface area (Å²) < 4.78 is 16.2. The molecule has 1 aromatic carbocycles. The van der Waals surface area contributed by atoms with Crippen LogP contribution >= 0.6 is 15.9 Å². The molecule has 1 aliphatic rings. The zero-order valence-corrected chi connectivity index (χ0v) is 12.6. The smallest absolute Gasteiger partial charge is 0.363 e. The molecule has 106 valence electrons. The molecule has 0 aliphatic carbocycles. The van der Waals surface area contributed by atoms with Crippen molar-refractivity contribution in [3.8, 4) is 5.75 Å². The molecule has 0 radical (unpaired) electrons. The summed E-state index contributed by atoms with van der Waals surface area (Å²) in [5.74, 6) is 0.663. The summed E-state index contributed by atoms with van der Waals surface area (Å²) in [6.07, 6.45) is 1.62. The largest absolute Gasteiger partial charge is 0.496 e. The summed E-state index contributed by atoms with van der Waals surface area (Å²) in [6, 6.07) is 10.7. The Balaban J connectivity index is 1.97. The molecule has 21 heavy (non-hydrogen) atoms. The van der Waals surface area contributed by atoms with Gasteiger partial charge in [0.15, 0.2) is 16.1 Å². The number of carbonyl (C=O) groups excluding carboxylic acids is 1. The van der Waals surface area contributed by atoms with E-state index in [2.05, 4.69) is 20.9 Å². The van der Waals surface area contributed by atoms with Gasteiger partial charge in [0.2, 0.25) is 0 Å². The lowest BCUT2D eigenvalue weighted by molar-refractivity contribution is -0.130. The van der Waals surface area contributed by atoms with Gasteiger partial charge in [0, 0.05) is 5.56 Å². The number of furan rings is 1. The summed E-state index contributed by atoms with van der Waals surface area (Å²) in [5, 5.41) is 0. The number of para-hydroxylation sites is 1. The minimum absolute atomic E-state index is 0.145. The molecule has 1 aromatic heterocycles. The molecule has 1 aliphatic heterocycles. The molecule has 0 unspecified atom stereocenters. The topological polar surface area (TPSA) is 61.0 Å². The van der Waals surface area contributed by atoms with Crippen LogP contribution in [0.3, 0.4) is 0 Å². The Bertz CT molecular complexity index is 761. The zero-order chi connectivity index (χ0) is 14.8. The van der Waals surface area contributed by atoms with Crippen LogP contribution in [0.15, 0.2) is 56.2 Å². The number of nitrogens with zero attached hydrogens (tertiary/aromatic N) is 1. The molecule has 0 atom stereocenters. The Hall–Kier alpha value is -2.34. The van der Waals surface area contributed by atoms with Crippen molar-refractivity contribution in [3.05, 3.63) is 58.1 Å². The molecule has 0 saturated heterocycles. The van der Waals surface area contributed by atoms with Gasteiger partial charge in [0.25, 0.3) is 5.90 Å². The highest BCUT2D eigenvalue weighted by Crippen LogP contribution is 2.25. The van der Waals surface area contributed by atoms with Crippen molar-refractivity contribution in [1.29, 1.82) is 0 Å². The van der Waals surface area contributed by atoms with Crippen LogP contribution in [0.1, 0.15) is 11.3 Å². The van der Waals surface area contributed by atoms with Gasteiger partial charge in [-0.1, -0.05) is 18.2 Å². The van der Waals surface area contributed by atoms with Gasteiger partial charge < -0.3 is 13.9 Å². The Kier molecular flexibility index (Phi) is 3.62. The number of halogens is 1. The highest BCUT2D eigenvalue weighted by Gasteiger charge is 2.26. The van der Waals surface area contributed by atoms with Gasteiger partial charge in [-0.15, -0.1) is 0 Å². The SMILES string of the molecule is COc1ccccc1/C=C1/N=C(c2ccc(Br)o2)OC1=O. The molecular formula is C15H10BrNO4. The van der Waals surface area contributed by atoms with Crippen LogP contribution in [0.25, 0.3) is 6.08 Å². The quantitative estimate of drug-likeness (QED) is 0.630. The number of aliphatic imine (C=N–C) groups is 1. The van der Waals surface area contributed by atoms with Crippen molar-refractivity contribution in [2.75, 3.05) is 7.11 Å². The molecule has 6 heteroatoms. The van der Waals surface area contributed by atoms with Crippen molar-refractivity contribution < 1.29 is 18.7 Å². The van der Waals surface area contributed by atoms with Crippen molar-refractivity contribution >= 4 is 33.9 Å². The lowest BCUT2D eigenvalue weighted by atomic mass is 10.1. The monoisotopic (exact) mass is 347 g/mol. The molecule has 2 heterocycles. The third-order valence-electron chi connectivity index (χ3n) is 2.84. The lowest BCUT2D eigenvalue weighted by Crippen LogP contribution is -2.04.